The quantitative estimate of drug-likeness (QED) is 0.914. The minimum absolute atomic E-state index is 0.286. The van der Waals surface area contributed by atoms with Crippen molar-refractivity contribution in [3.63, 3.8) is 0 Å². The molecule has 1 atom stereocenters. The predicted molar refractivity (Wildman–Crippen MR) is 81.6 cm³/mol. The van der Waals surface area contributed by atoms with Crippen molar-refractivity contribution >= 4 is 0 Å². The van der Waals surface area contributed by atoms with Gasteiger partial charge in [0.05, 0.1) is 20.3 Å². The Kier molecular flexibility index (Phi) is 4.81. The molecule has 0 aliphatic carbocycles. The first kappa shape index (κ1) is 15.3. The Bertz CT molecular complexity index is 628. The number of methoxy groups -OCH3 is 2. The van der Waals surface area contributed by atoms with Crippen LogP contribution in [0, 0.1) is 12.7 Å². The largest absolute Gasteiger partial charge is 0.497 e. The number of halogens is 1. The second kappa shape index (κ2) is 6.59. The first-order valence-corrected chi connectivity index (χ1v) is 6.76. The maximum absolute atomic E-state index is 14.3. The number of benzene rings is 2. The van der Waals surface area contributed by atoms with E-state index in [1.165, 1.54) is 13.2 Å². The van der Waals surface area contributed by atoms with E-state index in [-0.39, 0.29) is 11.9 Å². The Morgan fingerprint density at radius 1 is 1.00 bits per heavy atom. The van der Waals surface area contributed by atoms with Crippen molar-refractivity contribution in [2.75, 3.05) is 21.3 Å². The lowest BCUT2D eigenvalue weighted by atomic mass is 9.96. The maximum atomic E-state index is 14.3. The summed E-state index contributed by atoms with van der Waals surface area (Å²) in [6, 6.07) is 10.5. The van der Waals surface area contributed by atoms with Crippen LogP contribution < -0.4 is 14.8 Å². The molecule has 4 heteroatoms. The molecule has 1 N–H and O–H groups in total. The van der Waals surface area contributed by atoms with Gasteiger partial charge in [0.15, 0.2) is 0 Å². The van der Waals surface area contributed by atoms with Crippen LogP contribution in [0.1, 0.15) is 22.7 Å². The number of hydrogen-bond acceptors (Lipinski definition) is 3. The highest BCUT2D eigenvalue weighted by Crippen LogP contribution is 2.33. The van der Waals surface area contributed by atoms with Crippen molar-refractivity contribution in [1.82, 2.24) is 5.32 Å². The molecule has 0 saturated carbocycles. The molecule has 2 aromatic rings. The molecule has 0 aromatic heterocycles. The van der Waals surface area contributed by atoms with Gasteiger partial charge < -0.3 is 14.8 Å². The Balaban J connectivity index is 2.51. The Labute approximate surface area is 124 Å². The van der Waals surface area contributed by atoms with Crippen LogP contribution in [0.25, 0.3) is 0 Å². The van der Waals surface area contributed by atoms with Crippen LogP contribution in [0.5, 0.6) is 11.5 Å². The van der Waals surface area contributed by atoms with E-state index in [2.05, 4.69) is 5.32 Å². The molecule has 0 heterocycles. The minimum Gasteiger partial charge on any atom is -0.497 e. The molecule has 0 aliphatic rings. The normalized spacial score (nSPS) is 12.0. The molecule has 0 amide bonds. The second-order valence-corrected chi connectivity index (χ2v) is 4.85. The molecule has 0 bridgehead atoms. The van der Waals surface area contributed by atoms with Crippen molar-refractivity contribution in [1.29, 1.82) is 0 Å². The van der Waals surface area contributed by atoms with Crippen LogP contribution in [0.15, 0.2) is 36.4 Å². The number of nitrogens with one attached hydrogen (secondary N) is 1. The van der Waals surface area contributed by atoms with Crippen molar-refractivity contribution in [3.8, 4) is 11.5 Å². The van der Waals surface area contributed by atoms with Crippen molar-refractivity contribution in [3.05, 3.63) is 58.9 Å². The van der Waals surface area contributed by atoms with Gasteiger partial charge in [0.1, 0.15) is 17.3 Å². The third-order valence-corrected chi connectivity index (χ3v) is 3.50. The van der Waals surface area contributed by atoms with E-state index in [9.17, 15) is 4.39 Å². The summed E-state index contributed by atoms with van der Waals surface area (Å²) in [5.41, 5.74) is 2.56. The van der Waals surface area contributed by atoms with Crippen LogP contribution in [-0.2, 0) is 0 Å². The van der Waals surface area contributed by atoms with E-state index in [0.29, 0.717) is 11.3 Å². The number of ether oxygens (including phenoxy) is 2. The summed E-state index contributed by atoms with van der Waals surface area (Å²) < 4.78 is 24.8. The van der Waals surface area contributed by atoms with E-state index in [0.717, 1.165) is 16.9 Å². The van der Waals surface area contributed by atoms with Crippen molar-refractivity contribution in [2.45, 2.75) is 13.0 Å². The van der Waals surface area contributed by atoms with Crippen molar-refractivity contribution in [2.24, 2.45) is 0 Å². The topological polar surface area (TPSA) is 30.5 Å². The molecule has 0 saturated heterocycles. The van der Waals surface area contributed by atoms with Gasteiger partial charge in [-0.2, -0.15) is 0 Å². The van der Waals surface area contributed by atoms with Crippen LogP contribution >= 0.6 is 0 Å². The van der Waals surface area contributed by atoms with Crippen LogP contribution in [-0.4, -0.2) is 21.3 Å². The van der Waals surface area contributed by atoms with Gasteiger partial charge in [-0.25, -0.2) is 4.39 Å². The summed E-state index contributed by atoms with van der Waals surface area (Å²) in [4.78, 5) is 0. The summed E-state index contributed by atoms with van der Waals surface area (Å²) in [5.74, 6) is 0.926. The number of hydrogen-bond donors (Lipinski definition) is 1. The monoisotopic (exact) mass is 289 g/mol. The van der Waals surface area contributed by atoms with Crippen LogP contribution in [0.2, 0.25) is 0 Å². The zero-order chi connectivity index (χ0) is 15.4. The van der Waals surface area contributed by atoms with E-state index in [1.54, 1.807) is 26.3 Å². The Morgan fingerprint density at radius 2 is 1.76 bits per heavy atom. The molecular weight excluding hydrogens is 269 g/mol. The Morgan fingerprint density at radius 3 is 2.33 bits per heavy atom. The van der Waals surface area contributed by atoms with Crippen LogP contribution in [0.3, 0.4) is 0 Å². The molecule has 2 rings (SSSR count). The summed E-state index contributed by atoms with van der Waals surface area (Å²) in [6.45, 7) is 2.00. The molecule has 0 fully saturated rings. The van der Waals surface area contributed by atoms with Gasteiger partial charge in [-0.05, 0) is 26.1 Å². The van der Waals surface area contributed by atoms with Gasteiger partial charge >= 0.3 is 0 Å². The maximum Gasteiger partial charge on any atom is 0.132 e. The predicted octanol–water partition coefficient (Wildman–Crippen LogP) is 3.46. The summed E-state index contributed by atoms with van der Waals surface area (Å²) in [7, 11) is 4.94. The molecule has 21 heavy (non-hydrogen) atoms. The van der Waals surface area contributed by atoms with Gasteiger partial charge in [-0.1, -0.05) is 23.8 Å². The van der Waals surface area contributed by atoms with Crippen LogP contribution in [0.4, 0.5) is 4.39 Å². The standard InChI is InChI=1S/C17H20FNO2/c1-11-5-8-16(21-4)14(9-11)17(19-2)13-7-6-12(20-3)10-15(13)18/h5-10,17,19H,1-4H3. The third kappa shape index (κ3) is 3.16. The third-order valence-electron chi connectivity index (χ3n) is 3.50. The highest BCUT2D eigenvalue weighted by Gasteiger charge is 2.20. The molecule has 0 aliphatic heterocycles. The highest BCUT2D eigenvalue weighted by molar-refractivity contribution is 5.45. The SMILES string of the molecule is CNC(c1ccc(OC)cc1F)c1cc(C)ccc1OC. The lowest BCUT2D eigenvalue weighted by Gasteiger charge is -2.21. The fraction of sp³-hybridized carbons (Fsp3) is 0.294. The molecule has 0 spiro atoms. The zero-order valence-electron chi connectivity index (χ0n) is 12.7. The van der Waals surface area contributed by atoms with Gasteiger partial charge in [0.2, 0.25) is 0 Å². The summed E-state index contributed by atoms with van der Waals surface area (Å²) in [6.07, 6.45) is 0. The fourth-order valence-corrected chi connectivity index (χ4v) is 2.43. The van der Waals surface area contributed by atoms with E-state index in [1.807, 2.05) is 25.1 Å². The van der Waals surface area contributed by atoms with Crippen molar-refractivity contribution < 1.29 is 13.9 Å². The average Bonchev–Trinajstić information content (AvgIpc) is 2.49. The van der Waals surface area contributed by atoms with Gasteiger partial charge in [0.25, 0.3) is 0 Å². The lowest BCUT2D eigenvalue weighted by molar-refractivity contribution is 0.403. The van der Waals surface area contributed by atoms with E-state index >= 15 is 0 Å². The lowest BCUT2D eigenvalue weighted by Crippen LogP contribution is -2.20. The smallest absolute Gasteiger partial charge is 0.132 e. The molecule has 0 radical (unpaired) electrons. The summed E-state index contributed by atoms with van der Waals surface area (Å²) in [5, 5.41) is 3.15. The minimum atomic E-state index is -0.308. The molecule has 3 nitrogen and oxygen atoms in total. The molecule has 1 unspecified atom stereocenters. The summed E-state index contributed by atoms with van der Waals surface area (Å²) >= 11 is 0. The zero-order valence-corrected chi connectivity index (χ0v) is 12.7. The van der Waals surface area contributed by atoms with Gasteiger partial charge in [-0.15, -0.1) is 0 Å². The molecular formula is C17H20FNO2. The van der Waals surface area contributed by atoms with Gasteiger partial charge in [0, 0.05) is 17.2 Å². The number of rotatable bonds is 5. The Hall–Kier alpha value is -2.07. The number of aryl methyl sites for hydroxylation is 1. The van der Waals surface area contributed by atoms with E-state index in [4.69, 9.17) is 9.47 Å². The fourth-order valence-electron chi connectivity index (χ4n) is 2.43. The average molecular weight is 289 g/mol. The molecule has 112 valence electrons. The van der Waals surface area contributed by atoms with E-state index < -0.39 is 0 Å². The first-order chi connectivity index (χ1) is 10.1. The highest BCUT2D eigenvalue weighted by atomic mass is 19.1. The molecule has 2 aromatic carbocycles. The second-order valence-electron chi connectivity index (χ2n) is 4.85. The first-order valence-electron chi connectivity index (χ1n) is 6.76. The van der Waals surface area contributed by atoms with Gasteiger partial charge in [-0.3, -0.25) is 0 Å².